The largest absolute Gasteiger partial charge is 0.493 e. The van der Waals surface area contributed by atoms with Crippen LogP contribution < -0.4 is 9.47 Å². The summed E-state index contributed by atoms with van der Waals surface area (Å²) >= 11 is 5.79. The maximum atomic E-state index is 5.39. The summed E-state index contributed by atoms with van der Waals surface area (Å²) in [5, 5.41) is 2.92. The van der Waals surface area contributed by atoms with Crippen LogP contribution in [0.25, 0.3) is 10.6 Å². The van der Waals surface area contributed by atoms with E-state index in [1.54, 1.807) is 25.6 Å². The number of ether oxygens (including phenoxy) is 2. The summed E-state index contributed by atoms with van der Waals surface area (Å²) in [6, 6.07) is 5.77. The lowest BCUT2D eigenvalue weighted by Crippen LogP contribution is -1.93. The van der Waals surface area contributed by atoms with Gasteiger partial charge in [0.2, 0.25) is 0 Å². The van der Waals surface area contributed by atoms with Gasteiger partial charge in [-0.25, -0.2) is 4.98 Å². The van der Waals surface area contributed by atoms with Crippen molar-refractivity contribution in [1.29, 1.82) is 0 Å². The highest BCUT2D eigenvalue weighted by molar-refractivity contribution is 7.79. The first-order chi connectivity index (χ1) is 8.30. The summed E-state index contributed by atoms with van der Waals surface area (Å²) in [6.45, 7) is 0. The van der Waals surface area contributed by atoms with Gasteiger partial charge in [0.15, 0.2) is 11.5 Å². The summed E-state index contributed by atoms with van der Waals surface area (Å²) < 4.78 is 10.7. The summed E-state index contributed by atoms with van der Waals surface area (Å²) in [5.41, 5.74) is 1.92. The lowest BCUT2D eigenvalue weighted by molar-refractivity contribution is 0.356. The van der Waals surface area contributed by atoms with Crippen LogP contribution in [0.2, 0.25) is 0 Å². The number of thiol groups is 1. The molecule has 3 nitrogen and oxygen atoms in total. The van der Waals surface area contributed by atoms with Crippen LogP contribution in [0.15, 0.2) is 23.6 Å². The van der Waals surface area contributed by atoms with Gasteiger partial charge < -0.3 is 9.47 Å². The highest BCUT2D eigenvalue weighted by Gasteiger charge is 2.13. The van der Waals surface area contributed by atoms with E-state index in [0.717, 1.165) is 22.0 Å². The molecule has 0 unspecified atom stereocenters. The van der Waals surface area contributed by atoms with E-state index >= 15 is 0 Å². The molecule has 2 rings (SSSR count). The minimum atomic E-state index is 0.642. The Hall–Kier alpha value is -1.20. The Labute approximate surface area is 110 Å². The second kappa shape index (κ2) is 5.42. The fraction of sp³-hybridized carbons (Fsp3) is 0.250. The predicted molar refractivity (Wildman–Crippen MR) is 73.3 cm³/mol. The second-order valence-corrected chi connectivity index (χ2v) is 4.52. The molecule has 90 valence electrons. The number of nitrogens with zero attached hydrogens (tertiary/aromatic N) is 1. The Morgan fingerprint density at radius 3 is 2.71 bits per heavy atom. The predicted octanol–water partition coefficient (Wildman–Crippen LogP) is 3.26. The summed E-state index contributed by atoms with van der Waals surface area (Å²) in [4.78, 5) is 4.49. The molecule has 5 heteroatoms. The van der Waals surface area contributed by atoms with Gasteiger partial charge in [-0.1, -0.05) is 6.07 Å². The number of aromatic nitrogens is 1. The zero-order valence-corrected chi connectivity index (χ0v) is 11.3. The van der Waals surface area contributed by atoms with Crippen molar-refractivity contribution in [3.8, 4) is 22.1 Å². The van der Waals surface area contributed by atoms with Gasteiger partial charge in [-0.2, -0.15) is 12.6 Å². The summed E-state index contributed by atoms with van der Waals surface area (Å²) in [5.74, 6) is 2.07. The molecule has 0 bridgehead atoms. The van der Waals surface area contributed by atoms with Crippen molar-refractivity contribution in [1.82, 2.24) is 4.98 Å². The Morgan fingerprint density at radius 2 is 2.12 bits per heavy atom. The molecular formula is C12H13NO2S2. The Bertz CT molecular complexity index is 511. The van der Waals surface area contributed by atoms with Gasteiger partial charge in [0.25, 0.3) is 0 Å². The number of rotatable bonds is 4. The third kappa shape index (κ3) is 2.40. The molecule has 0 spiro atoms. The molecule has 0 atom stereocenters. The van der Waals surface area contributed by atoms with Crippen LogP contribution in [0, 0.1) is 0 Å². The zero-order chi connectivity index (χ0) is 12.3. The molecule has 1 aromatic carbocycles. The molecule has 0 fully saturated rings. The highest BCUT2D eigenvalue weighted by atomic mass is 32.1. The number of thiazole rings is 1. The molecule has 0 radical (unpaired) electrons. The van der Waals surface area contributed by atoms with Crippen LogP contribution in [0.5, 0.6) is 11.5 Å². The van der Waals surface area contributed by atoms with Crippen LogP contribution in [0.3, 0.4) is 0 Å². The molecule has 0 amide bonds. The molecule has 2 aromatic rings. The van der Waals surface area contributed by atoms with Gasteiger partial charge in [0.05, 0.1) is 25.5 Å². The van der Waals surface area contributed by atoms with E-state index in [1.807, 2.05) is 23.6 Å². The average molecular weight is 267 g/mol. The molecule has 1 aromatic heterocycles. The first kappa shape index (κ1) is 12.3. The first-order valence-electron chi connectivity index (χ1n) is 5.06. The highest BCUT2D eigenvalue weighted by Crippen LogP contribution is 2.38. The van der Waals surface area contributed by atoms with Gasteiger partial charge in [-0.05, 0) is 12.1 Å². The second-order valence-electron chi connectivity index (χ2n) is 3.34. The van der Waals surface area contributed by atoms with Gasteiger partial charge in [-0.15, -0.1) is 11.3 Å². The lowest BCUT2D eigenvalue weighted by atomic mass is 10.2. The number of benzene rings is 1. The van der Waals surface area contributed by atoms with E-state index in [1.165, 1.54) is 0 Å². The van der Waals surface area contributed by atoms with Gasteiger partial charge in [0.1, 0.15) is 5.01 Å². The van der Waals surface area contributed by atoms with Crippen LogP contribution in [-0.4, -0.2) is 19.2 Å². The van der Waals surface area contributed by atoms with Crippen molar-refractivity contribution >= 4 is 24.0 Å². The Kier molecular flexibility index (Phi) is 3.91. The Morgan fingerprint density at radius 1 is 1.29 bits per heavy atom. The molecule has 0 saturated carbocycles. The standard InChI is InChI=1S/C12H13NO2S2/c1-14-10-5-3-4-9(11(10)15-2)12-13-8(6-16)7-17-12/h3-5,7,16H,6H2,1-2H3. The quantitative estimate of drug-likeness (QED) is 0.863. The van der Waals surface area contributed by atoms with E-state index < -0.39 is 0 Å². The van der Waals surface area contributed by atoms with Crippen molar-refractivity contribution in [2.75, 3.05) is 14.2 Å². The van der Waals surface area contributed by atoms with E-state index in [9.17, 15) is 0 Å². The molecule has 17 heavy (non-hydrogen) atoms. The Balaban J connectivity index is 2.50. The van der Waals surface area contributed by atoms with Gasteiger partial charge in [-0.3, -0.25) is 0 Å². The van der Waals surface area contributed by atoms with Crippen LogP contribution in [0.1, 0.15) is 5.69 Å². The molecule has 0 N–H and O–H groups in total. The van der Waals surface area contributed by atoms with E-state index in [-0.39, 0.29) is 0 Å². The maximum absolute atomic E-state index is 5.39. The topological polar surface area (TPSA) is 31.4 Å². The van der Waals surface area contributed by atoms with Crippen molar-refractivity contribution in [3.63, 3.8) is 0 Å². The summed E-state index contributed by atoms with van der Waals surface area (Å²) in [6.07, 6.45) is 0. The molecule has 0 aliphatic rings. The smallest absolute Gasteiger partial charge is 0.170 e. The van der Waals surface area contributed by atoms with Gasteiger partial charge >= 0.3 is 0 Å². The third-order valence-electron chi connectivity index (χ3n) is 2.35. The molecule has 0 saturated heterocycles. The average Bonchev–Trinajstić information content (AvgIpc) is 2.86. The van der Waals surface area contributed by atoms with E-state index in [4.69, 9.17) is 9.47 Å². The third-order valence-corrected chi connectivity index (χ3v) is 3.60. The van der Waals surface area contributed by atoms with Crippen molar-refractivity contribution < 1.29 is 9.47 Å². The fourth-order valence-corrected chi connectivity index (χ4v) is 2.69. The summed E-state index contributed by atoms with van der Waals surface area (Å²) in [7, 11) is 3.26. The van der Waals surface area contributed by atoms with E-state index in [0.29, 0.717) is 11.5 Å². The monoisotopic (exact) mass is 267 g/mol. The molecule has 1 heterocycles. The SMILES string of the molecule is COc1cccc(-c2nc(CS)cs2)c1OC. The van der Waals surface area contributed by atoms with Crippen LogP contribution in [0.4, 0.5) is 0 Å². The van der Waals surface area contributed by atoms with Crippen LogP contribution >= 0.6 is 24.0 Å². The minimum absolute atomic E-state index is 0.642. The molecule has 0 aliphatic heterocycles. The van der Waals surface area contributed by atoms with Crippen molar-refractivity contribution in [3.05, 3.63) is 29.3 Å². The van der Waals surface area contributed by atoms with Crippen molar-refractivity contribution in [2.45, 2.75) is 5.75 Å². The minimum Gasteiger partial charge on any atom is -0.493 e. The maximum Gasteiger partial charge on any atom is 0.170 e. The lowest BCUT2D eigenvalue weighted by Gasteiger charge is -2.10. The number of hydrogen-bond acceptors (Lipinski definition) is 5. The number of hydrogen-bond donors (Lipinski definition) is 1. The fourth-order valence-electron chi connectivity index (χ4n) is 1.56. The molecule has 0 aliphatic carbocycles. The van der Waals surface area contributed by atoms with Crippen LogP contribution in [-0.2, 0) is 5.75 Å². The zero-order valence-electron chi connectivity index (χ0n) is 9.64. The van der Waals surface area contributed by atoms with Crippen molar-refractivity contribution in [2.24, 2.45) is 0 Å². The first-order valence-corrected chi connectivity index (χ1v) is 6.58. The number of methoxy groups -OCH3 is 2. The number of para-hydroxylation sites is 1. The van der Waals surface area contributed by atoms with E-state index in [2.05, 4.69) is 17.6 Å². The normalized spacial score (nSPS) is 10.3. The molecular weight excluding hydrogens is 254 g/mol. The van der Waals surface area contributed by atoms with Gasteiger partial charge in [0, 0.05) is 11.1 Å².